The molecular formula is C52H52N4O. The monoisotopic (exact) mass is 751 g/mol. The second kappa shape index (κ2) is 12.2. The maximum absolute atomic E-state index is 8.76. The Balaban J connectivity index is 1.15. The van der Waals surface area contributed by atoms with Gasteiger partial charge in [-0.2, -0.15) is 0 Å². The standard InChI is InChI=1S/C52H52N4O/c1-30(2)36-18-14-19-37(31(3)4)46(36)55-27-43(53-29-55)33-15-13-16-34(25-33)57-35-22-23-38-40(26-35)49-54-45-39-17-11-12-20-41(39)50(6,7)28-52(10)48(45)56(49)47-42(51(52,8)9)24-21-32(5)44(38)47/h11-27,29-31H,28H2,1-10H3/i5D3. The number of imidazole rings is 2. The molecule has 0 spiro atoms. The molecule has 0 radical (unpaired) electrons. The lowest BCUT2D eigenvalue weighted by molar-refractivity contribution is 0.204. The molecule has 8 aromatic rings. The Morgan fingerprint density at radius 1 is 0.754 bits per heavy atom. The van der Waals surface area contributed by atoms with E-state index in [9.17, 15) is 0 Å². The molecule has 5 heteroatoms. The average molecular weight is 752 g/mol. The molecule has 0 fully saturated rings. The van der Waals surface area contributed by atoms with E-state index in [0.29, 0.717) is 28.9 Å². The Kier molecular flexibility index (Phi) is 6.92. The fourth-order valence-corrected chi connectivity index (χ4v) is 10.5. The Morgan fingerprint density at radius 3 is 2.25 bits per heavy atom. The quantitative estimate of drug-likeness (QED) is 0.159. The van der Waals surface area contributed by atoms with E-state index in [0.717, 1.165) is 67.5 Å². The van der Waals surface area contributed by atoms with Crippen LogP contribution in [0.25, 0.3) is 55.5 Å². The van der Waals surface area contributed by atoms with Crippen molar-refractivity contribution in [3.8, 4) is 39.7 Å². The molecule has 1 aliphatic carbocycles. The molecule has 0 bridgehead atoms. The summed E-state index contributed by atoms with van der Waals surface area (Å²) < 4.78 is 37.5. The number of ether oxygens (including phenoxy) is 1. The fourth-order valence-electron chi connectivity index (χ4n) is 10.5. The number of fused-ring (bicyclic) bond motifs is 5. The van der Waals surface area contributed by atoms with Crippen LogP contribution in [0.1, 0.15) is 118 Å². The van der Waals surface area contributed by atoms with Crippen molar-refractivity contribution in [1.82, 2.24) is 18.9 Å². The molecule has 4 heterocycles. The van der Waals surface area contributed by atoms with Gasteiger partial charge in [0.05, 0.1) is 34.6 Å². The van der Waals surface area contributed by atoms with E-state index in [1.807, 2.05) is 48.8 Å². The highest BCUT2D eigenvalue weighted by Gasteiger charge is 2.55. The summed E-state index contributed by atoms with van der Waals surface area (Å²) in [5.41, 5.74) is 12.6. The van der Waals surface area contributed by atoms with Crippen molar-refractivity contribution in [1.29, 1.82) is 0 Å². The number of aromatic nitrogens is 4. The van der Waals surface area contributed by atoms with Crippen LogP contribution in [0.15, 0.2) is 110 Å². The molecule has 0 saturated carbocycles. The molecule has 0 saturated heterocycles. The maximum Gasteiger partial charge on any atom is 0.146 e. The number of hydrogen-bond donors (Lipinski definition) is 0. The Labute approximate surface area is 340 Å². The van der Waals surface area contributed by atoms with Crippen molar-refractivity contribution in [3.05, 3.63) is 143 Å². The molecule has 286 valence electrons. The van der Waals surface area contributed by atoms with Crippen molar-refractivity contribution < 1.29 is 8.85 Å². The lowest BCUT2D eigenvalue weighted by atomic mass is 9.55. The number of rotatable bonds is 6. The van der Waals surface area contributed by atoms with Crippen molar-refractivity contribution in [2.45, 2.75) is 104 Å². The van der Waals surface area contributed by atoms with Crippen LogP contribution < -0.4 is 4.74 Å². The van der Waals surface area contributed by atoms with Crippen molar-refractivity contribution in [3.63, 3.8) is 0 Å². The second-order valence-corrected chi connectivity index (χ2v) is 18.5. The largest absolute Gasteiger partial charge is 0.457 e. The zero-order valence-corrected chi connectivity index (χ0v) is 34.5. The summed E-state index contributed by atoms with van der Waals surface area (Å²) in [5, 5.41) is 2.47. The van der Waals surface area contributed by atoms with Gasteiger partial charge in [0.25, 0.3) is 0 Å². The van der Waals surface area contributed by atoms with Crippen LogP contribution in [0, 0.1) is 6.85 Å². The van der Waals surface area contributed by atoms with Gasteiger partial charge in [-0.15, -0.1) is 0 Å². The highest BCUT2D eigenvalue weighted by Crippen LogP contribution is 2.60. The molecule has 0 amide bonds. The number of benzene rings is 5. The predicted octanol–water partition coefficient (Wildman–Crippen LogP) is 13.7. The normalized spacial score (nSPS) is 18.9. The fraction of sp³-hybridized carbons (Fsp3) is 0.308. The number of aryl methyl sites for hydroxylation is 1. The van der Waals surface area contributed by atoms with Crippen LogP contribution in [-0.4, -0.2) is 18.9 Å². The summed E-state index contributed by atoms with van der Waals surface area (Å²) in [4.78, 5) is 10.5. The molecule has 5 nitrogen and oxygen atoms in total. The third-order valence-electron chi connectivity index (χ3n) is 13.6. The molecule has 5 aromatic carbocycles. The van der Waals surface area contributed by atoms with Gasteiger partial charge in [-0.05, 0) is 94.1 Å². The van der Waals surface area contributed by atoms with E-state index in [1.54, 1.807) is 0 Å². The topological polar surface area (TPSA) is 44.3 Å². The van der Waals surface area contributed by atoms with Crippen molar-refractivity contribution >= 4 is 27.3 Å². The van der Waals surface area contributed by atoms with Crippen LogP contribution in [0.5, 0.6) is 11.5 Å². The van der Waals surface area contributed by atoms with E-state index >= 15 is 0 Å². The summed E-state index contributed by atoms with van der Waals surface area (Å²) in [6.07, 6.45) is 4.92. The van der Waals surface area contributed by atoms with Gasteiger partial charge in [-0.1, -0.05) is 129 Å². The zero-order valence-electron chi connectivity index (χ0n) is 37.5. The van der Waals surface area contributed by atoms with Gasteiger partial charge in [0, 0.05) is 43.0 Å². The van der Waals surface area contributed by atoms with Gasteiger partial charge in [0.2, 0.25) is 0 Å². The van der Waals surface area contributed by atoms with E-state index in [1.165, 1.54) is 22.4 Å². The minimum atomic E-state index is -2.33. The minimum Gasteiger partial charge on any atom is -0.457 e. The smallest absolute Gasteiger partial charge is 0.146 e. The number of para-hydroxylation sites is 1. The van der Waals surface area contributed by atoms with Crippen LogP contribution >= 0.6 is 0 Å². The molecule has 1 atom stereocenters. The maximum atomic E-state index is 8.76. The number of nitrogens with zero attached hydrogens (tertiary/aromatic N) is 4. The Hall–Kier alpha value is -5.68. The number of hydrogen-bond acceptors (Lipinski definition) is 3. The van der Waals surface area contributed by atoms with Crippen LogP contribution in [-0.2, 0) is 16.2 Å². The first kappa shape index (κ1) is 32.4. The lowest BCUT2D eigenvalue weighted by Crippen LogP contribution is -2.49. The molecule has 2 aliphatic rings. The lowest BCUT2D eigenvalue weighted by Gasteiger charge is -2.50. The van der Waals surface area contributed by atoms with Crippen LogP contribution in [0.3, 0.4) is 0 Å². The molecule has 10 rings (SSSR count). The van der Waals surface area contributed by atoms with Gasteiger partial charge >= 0.3 is 0 Å². The van der Waals surface area contributed by atoms with Gasteiger partial charge in [0.15, 0.2) is 0 Å². The SMILES string of the molecule is [2H]C([2H])([2H])c1ccc2c3c1c1ccc(Oc4cccc(-c5cn(-c6c(C(C)C)cccc6C(C)C)cn5)c4)cc1c1nc4c(n13)C(C)(CC(C)(C)c1ccccc1-4)C2(C)C. The van der Waals surface area contributed by atoms with Crippen LogP contribution in [0.2, 0.25) is 0 Å². The molecule has 1 aliphatic heterocycles. The highest BCUT2D eigenvalue weighted by atomic mass is 16.5. The first-order valence-electron chi connectivity index (χ1n) is 21.9. The highest BCUT2D eigenvalue weighted by molar-refractivity contribution is 6.15. The minimum absolute atomic E-state index is 0.140. The van der Waals surface area contributed by atoms with E-state index in [2.05, 4.69) is 132 Å². The summed E-state index contributed by atoms with van der Waals surface area (Å²) in [6, 6.07) is 33.3. The zero-order chi connectivity index (χ0) is 42.3. The second-order valence-electron chi connectivity index (χ2n) is 18.5. The molecule has 0 N–H and O–H groups in total. The van der Waals surface area contributed by atoms with Gasteiger partial charge in [-0.3, -0.25) is 4.40 Å². The summed E-state index contributed by atoms with van der Waals surface area (Å²) >= 11 is 0. The van der Waals surface area contributed by atoms with Crippen molar-refractivity contribution in [2.24, 2.45) is 0 Å². The summed E-state index contributed by atoms with van der Waals surface area (Å²) in [7, 11) is 0. The third-order valence-corrected chi connectivity index (χ3v) is 13.6. The van der Waals surface area contributed by atoms with Crippen LogP contribution in [0.4, 0.5) is 0 Å². The number of pyridine rings is 1. The predicted molar refractivity (Wildman–Crippen MR) is 236 cm³/mol. The van der Waals surface area contributed by atoms with Gasteiger partial charge < -0.3 is 9.30 Å². The van der Waals surface area contributed by atoms with Gasteiger partial charge in [-0.25, -0.2) is 9.97 Å². The molecule has 57 heavy (non-hydrogen) atoms. The first-order chi connectivity index (χ1) is 28.4. The molecule has 3 aromatic heterocycles. The summed E-state index contributed by atoms with van der Waals surface area (Å²) in [5.74, 6) is 2.05. The van der Waals surface area contributed by atoms with E-state index in [4.69, 9.17) is 18.8 Å². The van der Waals surface area contributed by atoms with E-state index < -0.39 is 6.85 Å². The van der Waals surface area contributed by atoms with E-state index in [-0.39, 0.29) is 16.2 Å². The third kappa shape index (κ3) is 5.00. The first-order valence-corrected chi connectivity index (χ1v) is 20.4. The Morgan fingerprint density at radius 2 is 1.49 bits per heavy atom. The van der Waals surface area contributed by atoms with Crippen molar-refractivity contribution in [2.75, 3.05) is 0 Å². The average Bonchev–Trinajstić information content (AvgIpc) is 3.85. The summed E-state index contributed by atoms with van der Waals surface area (Å²) in [6.45, 7) is 18.4. The van der Waals surface area contributed by atoms with Gasteiger partial charge in [0.1, 0.15) is 17.1 Å². The molecular weight excluding hydrogens is 697 g/mol. The molecule has 1 unspecified atom stereocenters. The Bertz CT molecular complexity index is 3050.